The summed E-state index contributed by atoms with van der Waals surface area (Å²) in [5, 5.41) is 5.18. The summed E-state index contributed by atoms with van der Waals surface area (Å²) < 4.78 is 33.8. The Hall–Kier alpha value is -2.58. The molecule has 1 amide bonds. The SMILES string of the molecule is COc1ccccc1OCC(=O)N1CCc2ccc(S(N)(=O)=O)cc2C1. The van der Waals surface area contributed by atoms with E-state index in [2.05, 4.69) is 0 Å². The van der Waals surface area contributed by atoms with Crippen molar-refractivity contribution in [3.63, 3.8) is 0 Å². The van der Waals surface area contributed by atoms with E-state index in [-0.39, 0.29) is 17.4 Å². The molecule has 7 nitrogen and oxygen atoms in total. The van der Waals surface area contributed by atoms with Crippen LogP contribution >= 0.6 is 0 Å². The van der Waals surface area contributed by atoms with Gasteiger partial charge in [-0.25, -0.2) is 13.6 Å². The quantitative estimate of drug-likeness (QED) is 0.848. The highest BCUT2D eigenvalue weighted by atomic mass is 32.2. The van der Waals surface area contributed by atoms with Crippen LogP contribution in [0.4, 0.5) is 0 Å². The highest BCUT2D eigenvalue weighted by molar-refractivity contribution is 7.89. The molecule has 0 radical (unpaired) electrons. The molecule has 138 valence electrons. The maximum Gasteiger partial charge on any atom is 0.260 e. The third-order valence-electron chi connectivity index (χ3n) is 4.29. The fourth-order valence-corrected chi connectivity index (χ4v) is 3.46. The van der Waals surface area contributed by atoms with E-state index >= 15 is 0 Å². The number of sulfonamides is 1. The van der Waals surface area contributed by atoms with E-state index in [0.717, 1.165) is 11.1 Å². The van der Waals surface area contributed by atoms with Crippen LogP contribution in [-0.4, -0.2) is 39.5 Å². The second kappa shape index (κ2) is 7.35. The summed E-state index contributed by atoms with van der Waals surface area (Å²) in [5.74, 6) is 0.877. The molecular weight excluding hydrogens is 356 g/mol. The first-order valence-electron chi connectivity index (χ1n) is 8.06. The van der Waals surface area contributed by atoms with E-state index in [1.807, 2.05) is 6.07 Å². The molecule has 0 aliphatic carbocycles. The van der Waals surface area contributed by atoms with Gasteiger partial charge in [0.05, 0.1) is 12.0 Å². The summed E-state index contributed by atoms with van der Waals surface area (Å²) in [5.41, 5.74) is 1.81. The Labute approximate surface area is 152 Å². The maximum absolute atomic E-state index is 12.5. The van der Waals surface area contributed by atoms with Crippen LogP contribution in [0.25, 0.3) is 0 Å². The molecule has 2 N–H and O–H groups in total. The van der Waals surface area contributed by atoms with Crippen LogP contribution < -0.4 is 14.6 Å². The number of benzene rings is 2. The number of para-hydroxylation sites is 2. The van der Waals surface area contributed by atoms with Crippen LogP contribution in [0.3, 0.4) is 0 Å². The van der Waals surface area contributed by atoms with Crippen molar-refractivity contribution < 1.29 is 22.7 Å². The number of rotatable bonds is 5. The number of hydrogen-bond acceptors (Lipinski definition) is 5. The highest BCUT2D eigenvalue weighted by Gasteiger charge is 2.23. The summed E-state index contributed by atoms with van der Waals surface area (Å²) >= 11 is 0. The van der Waals surface area contributed by atoms with E-state index in [1.54, 1.807) is 29.2 Å². The lowest BCUT2D eigenvalue weighted by molar-refractivity contribution is -0.134. The standard InChI is InChI=1S/C18H20N2O5S/c1-24-16-4-2-3-5-17(16)25-12-18(21)20-9-8-13-6-7-15(26(19,22)23)10-14(13)11-20/h2-7,10H,8-9,11-12H2,1H3,(H2,19,22,23). The number of ether oxygens (including phenoxy) is 2. The van der Waals surface area contributed by atoms with Crippen LogP contribution in [0.1, 0.15) is 11.1 Å². The van der Waals surface area contributed by atoms with Gasteiger partial charge in [-0.15, -0.1) is 0 Å². The summed E-state index contributed by atoms with van der Waals surface area (Å²) in [7, 11) is -2.23. The van der Waals surface area contributed by atoms with Crippen molar-refractivity contribution in [1.82, 2.24) is 4.90 Å². The van der Waals surface area contributed by atoms with Gasteiger partial charge in [0.25, 0.3) is 5.91 Å². The molecule has 0 atom stereocenters. The van der Waals surface area contributed by atoms with Gasteiger partial charge in [0.15, 0.2) is 18.1 Å². The number of nitrogens with zero attached hydrogens (tertiary/aromatic N) is 1. The first kappa shape index (κ1) is 18.2. The second-order valence-electron chi connectivity index (χ2n) is 5.98. The minimum Gasteiger partial charge on any atom is -0.493 e. The molecule has 0 bridgehead atoms. The predicted molar refractivity (Wildman–Crippen MR) is 95.4 cm³/mol. The molecule has 0 saturated heterocycles. The number of fused-ring (bicyclic) bond motifs is 1. The van der Waals surface area contributed by atoms with Gasteiger partial charge in [-0.2, -0.15) is 0 Å². The molecule has 1 aliphatic heterocycles. The largest absolute Gasteiger partial charge is 0.493 e. The Kier molecular flexibility index (Phi) is 5.15. The van der Waals surface area contributed by atoms with Crippen LogP contribution in [0.2, 0.25) is 0 Å². The van der Waals surface area contributed by atoms with Crippen molar-refractivity contribution in [1.29, 1.82) is 0 Å². The zero-order valence-corrected chi connectivity index (χ0v) is 15.2. The zero-order chi connectivity index (χ0) is 18.7. The molecule has 0 aromatic heterocycles. The molecule has 2 aromatic rings. The third-order valence-corrected chi connectivity index (χ3v) is 5.20. The molecule has 26 heavy (non-hydrogen) atoms. The number of primary sulfonamides is 1. The molecule has 1 heterocycles. The number of hydrogen-bond donors (Lipinski definition) is 1. The number of carbonyl (C=O) groups is 1. The molecule has 0 fully saturated rings. The first-order chi connectivity index (χ1) is 12.4. The lowest BCUT2D eigenvalue weighted by Gasteiger charge is -2.29. The van der Waals surface area contributed by atoms with Gasteiger partial charge >= 0.3 is 0 Å². The predicted octanol–water partition coefficient (Wildman–Crippen LogP) is 1.31. The number of nitrogens with two attached hydrogens (primary N) is 1. The van der Waals surface area contributed by atoms with Crippen molar-refractivity contribution in [2.75, 3.05) is 20.3 Å². The number of carbonyl (C=O) groups excluding carboxylic acids is 1. The average molecular weight is 376 g/mol. The summed E-state index contributed by atoms with van der Waals surface area (Å²) in [6.07, 6.45) is 0.653. The molecule has 3 rings (SSSR count). The summed E-state index contributed by atoms with van der Waals surface area (Å²) in [6, 6.07) is 11.9. The smallest absolute Gasteiger partial charge is 0.260 e. The molecule has 0 spiro atoms. The van der Waals surface area contributed by atoms with Crippen molar-refractivity contribution >= 4 is 15.9 Å². The van der Waals surface area contributed by atoms with Crippen LogP contribution in [-0.2, 0) is 27.8 Å². The minimum absolute atomic E-state index is 0.0517. The fourth-order valence-electron chi connectivity index (χ4n) is 2.89. The van der Waals surface area contributed by atoms with Gasteiger partial charge < -0.3 is 14.4 Å². The molecule has 0 saturated carbocycles. The van der Waals surface area contributed by atoms with Crippen LogP contribution in [0.15, 0.2) is 47.4 Å². The molecule has 0 unspecified atom stereocenters. The van der Waals surface area contributed by atoms with Gasteiger partial charge in [-0.05, 0) is 41.8 Å². The van der Waals surface area contributed by atoms with Crippen molar-refractivity contribution in [2.24, 2.45) is 5.14 Å². The Bertz CT molecular complexity index is 927. The van der Waals surface area contributed by atoms with Crippen LogP contribution in [0.5, 0.6) is 11.5 Å². The van der Waals surface area contributed by atoms with Gasteiger partial charge in [0.2, 0.25) is 10.0 Å². The Morgan fingerprint density at radius 2 is 1.88 bits per heavy atom. The first-order valence-corrected chi connectivity index (χ1v) is 9.61. The molecule has 2 aromatic carbocycles. The molecular formula is C18H20N2O5S. The maximum atomic E-state index is 12.5. The van der Waals surface area contributed by atoms with Crippen LogP contribution in [0, 0.1) is 0 Å². The van der Waals surface area contributed by atoms with E-state index < -0.39 is 10.0 Å². The number of amides is 1. The third kappa shape index (κ3) is 3.97. The Morgan fingerprint density at radius 3 is 2.58 bits per heavy atom. The summed E-state index contributed by atoms with van der Waals surface area (Å²) in [4.78, 5) is 14.2. The fraction of sp³-hybridized carbons (Fsp3) is 0.278. The van der Waals surface area contributed by atoms with E-state index in [1.165, 1.54) is 19.2 Å². The van der Waals surface area contributed by atoms with Gasteiger partial charge in [0, 0.05) is 13.1 Å². The summed E-state index contributed by atoms with van der Waals surface area (Å²) in [6.45, 7) is 0.757. The topological polar surface area (TPSA) is 98.9 Å². The monoisotopic (exact) mass is 376 g/mol. The average Bonchev–Trinajstić information content (AvgIpc) is 2.64. The minimum atomic E-state index is -3.77. The highest BCUT2D eigenvalue weighted by Crippen LogP contribution is 2.26. The molecule has 8 heteroatoms. The van der Waals surface area contributed by atoms with Crippen molar-refractivity contribution in [2.45, 2.75) is 17.9 Å². The normalized spacial score (nSPS) is 13.8. The van der Waals surface area contributed by atoms with Gasteiger partial charge in [-0.1, -0.05) is 18.2 Å². The zero-order valence-electron chi connectivity index (χ0n) is 14.3. The number of methoxy groups -OCH3 is 1. The van der Waals surface area contributed by atoms with E-state index in [0.29, 0.717) is 31.0 Å². The lowest BCUT2D eigenvalue weighted by Crippen LogP contribution is -2.39. The van der Waals surface area contributed by atoms with E-state index in [4.69, 9.17) is 14.6 Å². The Balaban J connectivity index is 1.69. The molecule has 1 aliphatic rings. The Morgan fingerprint density at radius 1 is 1.15 bits per heavy atom. The second-order valence-corrected chi connectivity index (χ2v) is 7.54. The van der Waals surface area contributed by atoms with Gasteiger partial charge in [0.1, 0.15) is 0 Å². The van der Waals surface area contributed by atoms with Crippen molar-refractivity contribution in [3.05, 3.63) is 53.6 Å². The van der Waals surface area contributed by atoms with E-state index in [9.17, 15) is 13.2 Å². The van der Waals surface area contributed by atoms with Crippen molar-refractivity contribution in [3.8, 4) is 11.5 Å². The van der Waals surface area contributed by atoms with Gasteiger partial charge in [-0.3, -0.25) is 4.79 Å². The lowest BCUT2D eigenvalue weighted by atomic mass is 10.00.